The van der Waals surface area contributed by atoms with Gasteiger partial charge >= 0.3 is 0 Å². The number of hydrogen-bond donors (Lipinski definition) is 0. The second-order valence-corrected chi connectivity index (χ2v) is 2.26. The monoisotopic (exact) mass is 134 g/mol. The molecule has 54 valence electrons. The summed E-state index contributed by atoms with van der Waals surface area (Å²) in [5.41, 5.74) is 0. The third-order valence-electron chi connectivity index (χ3n) is 1.52. The van der Waals surface area contributed by atoms with Gasteiger partial charge in [0.05, 0.1) is 6.10 Å². The maximum absolute atomic E-state index is 11.2. The number of rotatable bonds is 2. The van der Waals surface area contributed by atoms with Crippen molar-refractivity contribution < 1.29 is 14.2 Å². The maximum atomic E-state index is 11.2. The first-order valence-electron chi connectivity index (χ1n) is 3.28. The Hall–Kier alpha value is -0.150. The van der Waals surface area contributed by atoms with Gasteiger partial charge in [-0.3, -0.25) is 0 Å². The van der Waals surface area contributed by atoms with Crippen LogP contribution >= 0.6 is 0 Å². The first kappa shape index (κ1) is 6.96. The van der Waals surface area contributed by atoms with Gasteiger partial charge in [0, 0.05) is 6.61 Å². The van der Waals surface area contributed by atoms with Gasteiger partial charge in [-0.1, -0.05) is 0 Å². The van der Waals surface area contributed by atoms with E-state index >= 15 is 0 Å². The average molecular weight is 134 g/mol. The van der Waals surface area contributed by atoms with E-state index in [1.807, 2.05) is 0 Å². The Kier molecular flexibility index (Phi) is 2.94. The molecule has 1 heterocycles. The third kappa shape index (κ3) is 2.28. The molecule has 0 aromatic rings. The summed E-state index contributed by atoms with van der Waals surface area (Å²) in [5.74, 6) is 0. The molecule has 3 heteroatoms. The van der Waals surface area contributed by atoms with Crippen molar-refractivity contribution in [3.8, 4) is 0 Å². The second-order valence-electron chi connectivity index (χ2n) is 2.26. The minimum Gasteiger partial charge on any atom is -0.376 e. The molecule has 9 heavy (non-hydrogen) atoms. The molecule has 0 saturated carbocycles. The third-order valence-corrected chi connectivity index (χ3v) is 1.52. The van der Waals surface area contributed by atoms with E-state index in [2.05, 4.69) is 4.94 Å². The van der Waals surface area contributed by atoms with Crippen LogP contribution < -0.4 is 0 Å². The SMILES string of the molecule is FOCC1CCCCO1. The molecular weight excluding hydrogens is 123 g/mol. The normalized spacial score (nSPS) is 28.3. The highest BCUT2D eigenvalue weighted by Gasteiger charge is 2.13. The lowest BCUT2D eigenvalue weighted by molar-refractivity contribution is -0.171. The Bertz CT molecular complexity index is 68.7. The van der Waals surface area contributed by atoms with Crippen molar-refractivity contribution in [2.24, 2.45) is 0 Å². The first-order valence-corrected chi connectivity index (χ1v) is 3.28. The molecule has 0 aromatic heterocycles. The largest absolute Gasteiger partial charge is 0.376 e. The molecule has 1 rings (SSSR count). The van der Waals surface area contributed by atoms with Crippen molar-refractivity contribution in [3.63, 3.8) is 0 Å². The van der Waals surface area contributed by atoms with Gasteiger partial charge in [-0.15, -0.1) is 0 Å². The molecule has 1 atom stereocenters. The second kappa shape index (κ2) is 3.80. The summed E-state index contributed by atoms with van der Waals surface area (Å²) in [7, 11) is 0. The first-order chi connectivity index (χ1) is 4.43. The number of halogens is 1. The van der Waals surface area contributed by atoms with Crippen LogP contribution in [0.3, 0.4) is 0 Å². The minimum absolute atomic E-state index is 0.00347. The summed E-state index contributed by atoms with van der Waals surface area (Å²) in [6.07, 6.45) is 3.17. The van der Waals surface area contributed by atoms with Crippen LogP contribution in [0.2, 0.25) is 0 Å². The summed E-state index contributed by atoms with van der Waals surface area (Å²) in [6, 6.07) is 0. The highest BCUT2D eigenvalue weighted by atomic mass is 19.3. The summed E-state index contributed by atoms with van der Waals surface area (Å²) in [6.45, 7) is 0.855. The van der Waals surface area contributed by atoms with Crippen LogP contribution in [0.4, 0.5) is 4.53 Å². The molecule has 0 aliphatic carbocycles. The predicted molar refractivity (Wildman–Crippen MR) is 30.7 cm³/mol. The Labute approximate surface area is 53.9 Å². The van der Waals surface area contributed by atoms with Crippen molar-refractivity contribution in [2.75, 3.05) is 13.2 Å². The fourth-order valence-electron chi connectivity index (χ4n) is 1.01. The molecule has 1 saturated heterocycles. The van der Waals surface area contributed by atoms with Crippen LogP contribution in [-0.4, -0.2) is 19.3 Å². The smallest absolute Gasteiger partial charge is 0.114 e. The zero-order chi connectivity index (χ0) is 6.53. The van der Waals surface area contributed by atoms with Crippen molar-refractivity contribution in [1.29, 1.82) is 0 Å². The molecule has 1 fully saturated rings. The highest BCUT2D eigenvalue weighted by molar-refractivity contribution is 4.61. The van der Waals surface area contributed by atoms with E-state index in [-0.39, 0.29) is 12.7 Å². The molecule has 1 aliphatic rings. The van der Waals surface area contributed by atoms with Gasteiger partial charge in [0.2, 0.25) is 0 Å². The number of hydrogen-bond acceptors (Lipinski definition) is 2. The molecule has 0 bridgehead atoms. The van der Waals surface area contributed by atoms with E-state index in [1.54, 1.807) is 0 Å². The molecule has 0 aromatic carbocycles. The van der Waals surface area contributed by atoms with Crippen LogP contribution in [0.1, 0.15) is 19.3 Å². The van der Waals surface area contributed by atoms with Gasteiger partial charge in [-0.2, -0.15) is 4.94 Å². The molecule has 0 N–H and O–H groups in total. The Morgan fingerprint density at radius 2 is 2.44 bits per heavy atom. The summed E-state index contributed by atoms with van der Waals surface area (Å²) in [4.78, 5) is 3.46. The van der Waals surface area contributed by atoms with Crippen LogP contribution in [0.5, 0.6) is 0 Å². The van der Waals surface area contributed by atoms with Crippen LogP contribution in [0, 0.1) is 0 Å². The molecule has 0 spiro atoms. The molecule has 2 nitrogen and oxygen atoms in total. The summed E-state index contributed by atoms with van der Waals surface area (Å²) < 4.78 is 16.4. The Balaban J connectivity index is 2.08. The fraction of sp³-hybridized carbons (Fsp3) is 1.00. The lowest BCUT2D eigenvalue weighted by atomic mass is 10.1. The van der Waals surface area contributed by atoms with Gasteiger partial charge in [0.25, 0.3) is 0 Å². The summed E-state index contributed by atoms with van der Waals surface area (Å²) in [5, 5.41) is 0. The van der Waals surface area contributed by atoms with Crippen LogP contribution in [-0.2, 0) is 9.68 Å². The van der Waals surface area contributed by atoms with Crippen LogP contribution in [0.25, 0.3) is 0 Å². The topological polar surface area (TPSA) is 18.5 Å². The van der Waals surface area contributed by atoms with E-state index in [0.717, 1.165) is 25.9 Å². The molecule has 1 aliphatic heterocycles. The van der Waals surface area contributed by atoms with E-state index in [4.69, 9.17) is 4.74 Å². The zero-order valence-corrected chi connectivity index (χ0v) is 5.31. The Morgan fingerprint density at radius 3 is 3.00 bits per heavy atom. The van der Waals surface area contributed by atoms with E-state index in [0.29, 0.717) is 0 Å². The van der Waals surface area contributed by atoms with Gasteiger partial charge in [0.1, 0.15) is 6.61 Å². The van der Waals surface area contributed by atoms with E-state index in [1.165, 1.54) is 0 Å². The van der Waals surface area contributed by atoms with Crippen molar-refractivity contribution in [1.82, 2.24) is 0 Å². The standard InChI is InChI=1S/C6H11FO2/c7-9-5-6-3-1-2-4-8-6/h6H,1-5H2. The lowest BCUT2D eigenvalue weighted by Crippen LogP contribution is -2.22. The van der Waals surface area contributed by atoms with Gasteiger partial charge in [-0.05, 0) is 23.8 Å². The predicted octanol–water partition coefficient (Wildman–Crippen LogP) is 1.46. The van der Waals surface area contributed by atoms with Crippen LogP contribution in [0.15, 0.2) is 0 Å². The lowest BCUT2D eigenvalue weighted by Gasteiger charge is -2.19. The molecule has 1 unspecified atom stereocenters. The van der Waals surface area contributed by atoms with Gasteiger partial charge in [0.15, 0.2) is 0 Å². The average Bonchev–Trinajstić information content (AvgIpc) is 1.91. The fourth-order valence-corrected chi connectivity index (χ4v) is 1.01. The quantitative estimate of drug-likeness (QED) is 0.569. The summed E-state index contributed by atoms with van der Waals surface area (Å²) >= 11 is 0. The van der Waals surface area contributed by atoms with Crippen molar-refractivity contribution >= 4 is 0 Å². The zero-order valence-electron chi connectivity index (χ0n) is 5.31. The molecule has 0 amide bonds. The van der Waals surface area contributed by atoms with Crippen molar-refractivity contribution in [3.05, 3.63) is 0 Å². The van der Waals surface area contributed by atoms with Gasteiger partial charge < -0.3 is 4.74 Å². The highest BCUT2D eigenvalue weighted by Crippen LogP contribution is 2.12. The number of ether oxygens (including phenoxy) is 1. The van der Waals surface area contributed by atoms with Crippen molar-refractivity contribution in [2.45, 2.75) is 25.4 Å². The molecular formula is C6H11FO2. The Morgan fingerprint density at radius 1 is 1.56 bits per heavy atom. The van der Waals surface area contributed by atoms with E-state index in [9.17, 15) is 4.53 Å². The van der Waals surface area contributed by atoms with Gasteiger partial charge in [-0.25, -0.2) is 0 Å². The minimum atomic E-state index is 0.00347. The molecule has 0 radical (unpaired) electrons. The van der Waals surface area contributed by atoms with E-state index < -0.39 is 0 Å². The maximum Gasteiger partial charge on any atom is 0.114 e.